The van der Waals surface area contributed by atoms with Gasteiger partial charge in [-0.3, -0.25) is 14.8 Å². The second-order valence-electron chi connectivity index (χ2n) is 6.49. The van der Waals surface area contributed by atoms with E-state index < -0.39 is 0 Å². The Bertz CT molecular complexity index is 823. The number of carbonyl (C=O) groups excluding carboxylic acids is 1. The number of aliphatic hydroxyl groups excluding tert-OH is 1. The maximum atomic E-state index is 12.5. The van der Waals surface area contributed by atoms with Crippen molar-refractivity contribution in [1.29, 1.82) is 0 Å². The van der Waals surface area contributed by atoms with Crippen molar-refractivity contribution in [2.45, 2.75) is 31.7 Å². The maximum Gasteiger partial charge on any atom is 0.187 e. The predicted octanol–water partition coefficient (Wildman–Crippen LogP) is 2.10. The summed E-state index contributed by atoms with van der Waals surface area (Å²) in [6.45, 7) is 2.09. The lowest BCUT2D eigenvalue weighted by Gasteiger charge is -2.30. The van der Waals surface area contributed by atoms with Crippen LogP contribution in [0.15, 0.2) is 41.7 Å². The molecule has 136 valence electrons. The largest absolute Gasteiger partial charge is 0.396 e. The summed E-state index contributed by atoms with van der Waals surface area (Å²) >= 11 is 1.57. The van der Waals surface area contributed by atoms with E-state index in [2.05, 4.69) is 21.9 Å². The highest BCUT2D eigenvalue weighted by Gasteiger charge is 2.29. The molecule has 0 saturated carbocycles. The molecule has 1 aromatic heterocycles. The molecule has 0 unspecified atom stereocenters. The van der Waals surface area contributed by atoms with Gasteiger partial charge in [0.1, 0.15) is 5.69 Å². The highest BCUT2D eigenvalue weighted by Crippen LogP contribution is 2.35. The molecule has 0 amide bonds. The summed E-state index contributed by atoms with van der Waals surface area (Å²) in [5, 5.41) is 9.52. The summed E-state index contributed by atoms with van der Waals surface area (Å²) in [6.07, 6.45) is 4.61. The van der Waals surface area contributed by atoms with Crippen LogP contribution in [-0.4, -0.2) is 38.4 Å². The van der Waals surface area contributed by atoms with Crippen molar-refractivity contribution in [2.24, 2.45) is 10.7 Å². The molecular weight excluding hydrogens is 348 g/mol. The van der Waals surface area contributed by atoms with Crippen LogP contribution < -0.4 is 5.73 Å². The second kappa shape index (κ2) is 7.97. The number of nitrogens with zero attached hydrogens (tertiary/aromatic N) is 3. The third-order valence-electron chi connectivity index (χ3n) is 4.47. The van der Waals surface area contributed by atoms with E-state index in [1.807, 2.05) is 24.3 Å². The first-order valence-corrected chi connectivity index (χ1v) is 9.51. The fourth-order valence-electron chi connectivity index (χ4n) is 2.93. The van der Waals surface area contributed by atoms with E-state index in [1.54, 1.807) is 11.8 Å². The van der Waals surface area contributed by atoms with Gasteiger partial charge in [-0.05, 0) is 24.5 Å². The van der Waals surface area contributed by atoms with E-state index in [-0.39, 0.29) is 24.3 Å². The third-order valence-corrected chi connectivity index (χ3v) is 5.26. The van der Waals surface area contributed by atoms with Crippen molar-refractivity contribution in [2.75, 3.05) is 12.4 Å². The van der Waals surface area contributed by atoms with Gasteiger partial charge >= 0.3 is 0 Å². The molecule has 0 spiro atoms. The molecule has 6 nitrogen and oxygen atoms in total. The summed E-state index contributed by atoms with van der Waals surface area (Å²) in [6, 6.07) is 7.94. The molecule has 2 heterocycles. The van der Waals surface area contributed by atoms with Crippen molar-refractivity contribution in [3.8, 4) is 0 Å². The summed E-state index contributed by atoms with van der Waals surface area (Å²) in [5.41, 5.74) is 8.54. The summed E-state index contributed by atoms with van der Waals surface area (Å²) in [7, 11) is 0. The molecule has 0 radical (unpaired) electrons. The minimum atomic E-state index is -0.347. The Balaban J connectivity index is 1.76. The standard InChI is InChI=1S/C19H22N4O2S/c1-19(6-8-26-18(20)23-19)14-4-2-3-13(9-14)10-17(25)16-12-21-15(5-7-24)11-22-16/h2-4,9,11-12,24H,5-8,10H2,1H3,(H2,20,23)/t19-/m0/s1. The zero-order valence-corrected chi connectivity index (χ0v) is 15.5. The second-order valence-corrected chi connectivity index (χ2v) is 7.60. The first kappa shape index (κ1) is 18.5. The molecule has 26 heavy (non-hydrogen) atoms. The molecule has 1 atom stereocenters. The van der Waals surface area contributed by atoms with E-state index in [1.165, 1.54) is 12.4 Å². The molecule has 0 bridgehead atoms. The van der Waals surface area contributed by atoms with Crippen molar-refractivity contribution in [1.82, 2.24) is 9.97 Å². The minimum Gasteiger partial charge on any atom is -0.396 e. The predicted molar refractivity (Wildman–Crippen MR) is 103 cm³/mol. The fraction of sp³-hybridized carbons (Fsp3) is 0.368. The Kier molecular flexibility index (Phi) is 5.68. The monoisotopic (exact) mass is 370 g/mol. The molecule has 1 aromatic carbocycles. The van der Waals surface area contributed by atoms with E-state index in [0.717, 1.165) is 23.3 Å². The number of hydrogen-bond donors (Lipinski definition) is 2. The molecular formula is C19H22N4O2S. The van der Waals surface area contributed by atoms with Crippen molar-refractivity contribution in [3.05, 3.63) is 59.2 Å². The molecule has 0 aliphatic carbocycles. The van der Waals surface area contributed by atoms with Crippen LogP contribution in [0.3, 0.4) is 0 Å². The van der Waals surface area contributed by atoms with Crippen LogP contribution in [0.5, 0.6) is 0 Å². The average Bonchev–Trinajstić information content (AvgIpc) is 2.63. The SMILES string of the molecule is C[C@@]1(c2cccc(CC(=O)c3cnc(CCO)cn3)c2)CCSC(N)=N1. The number of benzene rings is 1. The number of aliphatic imine (C=N–C) groups is 1. The number of aliphatic hydroxyl groups is 1. The first-order valence-electron chi connectivity index (χ1n) is 8.53. The Hall–Kier alpha value is -2.25. The van der Waals surface area contributed by atoms with Gasteiger partial charge in [-0.15, -0.1) is 0 Å². The lowest BCUT2D eigenvalue weighted by molar-refractivity contribution is 0.0987. The normalized spacial score (nSPS) is 19.8. The molecule has 1 aliphatic rings. The van der Waals surface area contributed by atoms with E-state index in [0.29, 0.717) is 23.0 Å². The summed E-state index contributed by atoms with van der Waals surface area (Å²) in [4.78, 5) is 25.4. The van der Waals surface area contributed by atoms with Crippen LogP contribution in [-0.2, 0) is 18.4 Å². The van der Waals surface area contributed by atoms with Gasteiger partial charge in [-0.25, -0.2) is 4.98 Å². The number of ketones is 1. The number of thioether (sulfide) groups is 1. The van der Waals surface area contributed by atoms with Crippen LogP contribution in [0.25, 0.3) is 0 Å². The topological polar surface area (TPSA) is 101 Å². The number of rotatable bonds is 6. The Labute approximate surface area is 157 Å². The molecule has 3 rings (SSSR count). The minimum absolute atomic E-state index is 0.0129. The van der Waals surface area contributed by atoms with Gasteiger partial charge in [-0.1, -0.05) is 36.0 Å². The van der Waals surface area contributed by atoms with Crippen molar-refractivity contribution >= 4 is 22.7 Å². The highest BCUT2D eigenvalue weighted by atomic mass is 32.2. The number of carbonyl (C=O) groups is 1. The van der Waals surface area contributed by atoms with Gasteiger partial charge in [0, 0.05) is 31.4 Å². The van der Waals surface area contributed by atoms with Gasteiger partial charge in [0.15, 0.2) is 11.0 Å². The van der Waals surface area contributed by atoms with Crippen LogP contribution in [0.1, 0.15) is 40.7 Å². The summed E-state index contributed by atoms with van der Waals surface area (Å²) in [5.74, 6) is 0.850. The molecule has 0 fully saturated rings. The van der Waals surface area contributed by atoms with Gasteiger partial charge in [0.25, 0.3) is 0 Å². The fourth-order valence-corrected chi connectivity index (χ4v) is 3.90. The van der Waals surface area contributed by atoms with Crippen LogP contribution >= 0.6 is 11.8 Å². The van der Waals surface area contributed by atoms with Crippen molar-refractivity contribution in [3.63, 3.8) is 0 Å². The molecule has 3 N–H and O–H groups in total. The molecule has 1 aliphatic heterocycles. The highest BCUT2D eigenvalue weighted by molar-refractivity contribution is 8.13. The van der Waals surface area contributed by atoms with Gasteiger partial charge in [0.05, 0.1) is 17.4 Å². The molecule has 0 saturated heterocycles. The van der Waals surface area contributed by atoms with Crippen LogP contribution in [0.2, 0.25) is 0 Å². The zero-order chi connectivity index (χ0) is 18.6. The Morgan fingerprint density at radius 2 is 2.19 bits per heavy atom. The maximum absolute atomic E-state index is 12.5. The Morgan fingerprint density at radius 3 is 2.88 bits per heavy atom. The quantitative estimate of drug-likeness (QED) is 0.755. The average molecular weight is 370 g/mol. The third kappa shape index (κ3) is 4.28. The van der Waals surface area contributed by atoms with Crippen LogP contribution in [0.4, 0.5) is 0 Å². The number of Topliss-reactive ketones (excluding diaryl/α,β-unsaturated/α-hetero) is 1. The lowest BCUT2D eigenvalue weighted by atomic mass is 9.88. The zero-order valence-electron chi connectivity index (χ0n) is 14.7. The van der Waals surface area contributed by atoms with Gasteiger partial charge in [-0.2, -0.15) is 0 Å². The number of amidine groups is 1. The van der Waals surface area contributed by atoms with Crippen molar-refractivity contribution < 1.29 is 9.90 Å². The number of hydrogen-bond acceptors (Lipinski definition) is 7. The smallest absolute Gasteiger partial charge is 0.187 e. The van der Waals surface area contributed by atoms with E-state index in [9.17, 15) is 4.79 Å². The van der Waals surface area contributed by atoms with Gasteiger partial charge < -0.3 is 10.8 Å². The van der Waals surface area contributed by atoms with Crippen LogP contribution in [0, 0.1) is 0 Å². The van der Waals surface area contributed by atoms with E-state index in [4.69, 9.17) is 10.8 Å². The molecule has 7 heteroatoms. The summed E-state index contributed by atoms with van der Waals surface area (Å²) < 4.78 is 0. The number of aromatic nitrogens is 2. The number of nitrogens with two attached hydrogens (primary N) is 1. The first-order chi connectivity index (χ1) is 12.5. The van der Waals surface area contributed by atoms with Gasteiger partial charge in [0.2, 0.25) is 0 Å². The molecule has 2 aromatic rings. The Morgan fingerprint density at radius 1 is 1.35 bits per heavy atom. The van der Waals surface area contributed by atoms with E-state index >= 15 is 0 Å². The lowest BCUT2D eigenvalue weighted by Crippen LogP contribution is -2.28.